The second-order valence-corrected chi connectivity index (χ2v) is 4.59. The molecule has 0 radical (unpaired) electrons. The molecule has 5 nitrogen and oxygen atoms in total. The van der Waals surface area contributed by atoms with Gasteiger partial charge in [-0.2, -0.15) is 0 Å². The Labute approximate surface area is 105 Å². The van der Waals surface area contributed by atoms with E-state index < -0.39 is 0 Å². The summed E-state index contributed by atoms with van der Waals surface area (Å²) in [6.45, 7) is 1.74. The normalized spacial score (nSPS) is 16.1. The monoisotopic (exact) mass is 251 g/mol. The van der Waals surface area contributed by atoms with Gasteiger partial charge in [-0.1, -0.05) is 0 Å². The number of hydrogen-bond acceptors (Lipinski definition) is 4. The smallest absolute Gasteiger partial charge is 0.307 e. The minimum absolute atomic E-state index is 0.140. The van der Waals surface area contributed by atoms with E-state index in [1.165, 1.54) is 13.4 Å². The Balaban J connectivity index is 1.98. The molecule has 1 heterocycles. The van der Waals surface area contributed by atoms with Gasteiger partial charge in [-0.3, -0.25) is 9.59 Å². The predicted octanol–water partition coefficient (Wildman–Crippen LogP) is 1.66. The maximum atomic E-state index is 12.0. The number of carbonyl (C=O) groups is 2. The van der Waals surface area contributed by atoms with Gasteiger partial charge in [-0.05, 0) is 31.7 Å². The highest BCUT2D eigenvalue weighted by Gasteiger charge is 2.34. The van der Waals surface area contributed by atoms with Crippen LogP contribution < -0.4 is 5.32 Å². The summed E-state index contributed by atoms with van der Waals surface area (Å²) in [6.07, 6.45) is 3.80. The Hall–Kier alpha value is -1.78. The average Bonchev–Trinajstić information content (AvgIpc) is 3.10. The van der Waals surface area contributed by atoms with Crippen molar-refractivity contribution in [1.29, 1.82) is 0 Å². The largest absolute Gasteiger partial charge is 0.469 e. The van der Waals surface area contributed by atoms with E-state index in [-0.39, 0.29) is 24.3 Å². The third kappa shape index (κ3) is 2.91. The Morgan fingerprint density at radius 2 is 2.28 bits per heavy atom. The number of esters is 1. The average molecular weight is 251 g/mol. The summed E-state index contributed by atoms with van der Waals surface area (Å²) in [6, 6.07) is 1.49. The molecule has 0 bridgehead atoms. The topological polar surface area (TPSA) is 68.5 Å². The minimum atomic E-state index is -0.295. The van der Waals surface area contributed by atoms with E-state index in [2.05, 4.69) is 10.1 Å². The SMILES string of the molecule is COC(=O)CC(NC(=O)c1ccoc1C)C1CC1. The van der Waals surface area contributed by atoms with E-state index in [0.29, 0.717) is 17.2 Å². The van der Waals surface area contributed by atoms with E-state index in [9.17, 15) is 9.59 Å². The fraction of sp³-hybridized carbons (Fsp3) is 0.538. The maximum Gasteiger partial charge on any atom is 0.307 e. The Morgan fingerprint density at radius 1 is 1.56 bits per heavy atom. The number of hydrogen-bond donors (Lipinski definition) is 1. The summed E-state index contributed by atoms with van der Waals surface area (Å²) in [5, 5.41) is 2.89. The molecule has 1 saturated carbocycles. The standard InChI is InChI=1S/C13H17NO4/c1-8-10(5-6-18-8)13(16)14-11(9-3-4-9)7-12(15)17-2/h5-6,9,11H,3-4,7H2,1-2H3,(H,14,16). The molecule has 0 spiro atoms. The van der Waals surface area contributed by atoms with Gasteiger partial charge in [-0.15, -0.1) is 0 Å². The van der Waals surface area contributed by atoms with Crippen LogP contribution in [0.3, 0.4) is 0 Å². The number of aryl methyl sites for hydroxylation is 1. The number of methoxy groups -OCH3 is 1. The molecule has 1 unspecified atom stereocenters. The van der Waals surface area contributed by atoms with E-state index in [1.807, 2.05) is 0 Å². The van der Waals surface area contributed by atoms with E-state index in [4.69, 9.17) is 4.42 Å². The van der Waals surface area contributed by atoms with E-state index in [1.54, 1.807) is 13.0 Å². The molecule has 1 aliphatic rings. The van der Waals surface area contributed by atoms with Gasteiger partial charge >= 0.3 is 5.97 Å². The van der Waals surface area contributed by atoms with Crippen LogP contribution in [-0.2, 0) is 9.53 Å². The molecular formula is C13H17NO4. The van der Waals surface area contributed by atoms with Crippen molar-refractivity contribution in [2.75, 3.05) is 7.11 Å². The molecule has 1 fully saturated rings. The van der Waals surface area contributed by atoms with Gasteiger partial charge in [-0.25, -0.2) is 0 Å². The number of nitrogens with one attached hydrogen (secondary N) is 1. The molecule has 1 aromatic heterocycles. The lowest BCUT2D eigenvalue weighted by Crippen LogP contribution is -2.38. The first-order valence-electron chi connectivity index (χ1n) is 6.03. The van der Waals surface area contributed by atoms with Crippen LogP contribution in [0.15, 0.2) is 16.7 Å². The third-order valence-corrected chi connectivity index (χ3v) is 3.23. The molecule has 18 heavy (non-hydrogen) atoms. The lowest BCUT2D eigenvalue weighted by molar-refractivity contribution is -0.141. The highest BCUT2D eigenvalue weighted by Crippen LogP contribution is 2.34. The molecule has 0 aliphatic heterocycles. The number of furan rings is 1. The number of rotatable bonds is 5. The zero-order valence-electron chi connectivity index (χ0n) is 10.6. The van der Waals surface area contributed by atoms with Gasteiger partial charge in [0.15, 0.2) is 0 Å². The van der Waals surface area contributed by atoms with Crippen LogP contribution in [0.4, 0.5) is 0 Å². The highest BCUT2D eigenvalue weighted by molar-refractivity contribution is 5.95. The fourth-order valence-corrected chi connectivity index (χ4v) is 1.96. The van der Waals surface area contributed by atoms with Crippen molar-refractivity contribution in [2.24, 2.45) is 5.92 Å². The van der Waals surface area contributed by atoms with E-state index >= 15 is 0 Å². The maximum absolute atomic E-state index is 12.0. The van der Waals surface area contributed by atoms with Crippen molar-refractivity contribution < 1.29 is 18.7 Å². The van der Waals surface area contributed by atoms with Gasteiger partial charge in [0.05, 0.1) is 25.4 Å². The first kappa shape index (κ1) is 12.7. The quantitative estimate of drug-likeness (QED) is 0.808. The summed E-state index contributed by atoms with van der Waals surface area (Å²) in [5.41, 5.74) is 0.519. The molecule has 0 aromatic carbocycles. The van der Waals surface area contributed by atoms with Gasteiger partial charge in [0.25, 0.3) is 5.91 Å². The van der Waals surface area contributed by atoms with Crippen LogP contribution >= 0.6 is 0 Å². The van der Waals surface area contributed by atoms with Crippen LogP contribution in [-0.4, -0.2) is 25.0 Å². The Bertz CT molecular complexity index is 448. The van der Waals surface area contributed by atoms with Crippen LogP contribution in [0.2, 0.25) is 0 Å². The summed E-state index contributed by atoms with van der Waals surface area (Å²) < 4.78 is 9.74. The number of carbonyl (C=O) groups excluding carboxylic acids is 2. The first-order chi connectivity index (χ1) is 8.61. The van der Waals surface area contributed by atoms with Crippen molar-refractivity contribution in [3.8, 4) is 0 Å². The zero-order valence-corrected chi connectivity index (χ0v) is 10.6. The van der Waals surface area contributed by atoms with Crippen molar-refractivity contribution in [3.05, 3.63) is 23.7 Å². The molecule has 1 atom stereocenters. The van der Waals surface area contributed by atoms with Crippen molar-refractivity contribution in [1.82, 2.24) is 5.32 Å². The second-order valence-electron chi connectivity index (χ2n) is 4.59. The van der Waals surface area contributed by atoms with Crippen LogP contribution in [0.25, 0.3) is 0 Å². The van der Waals surface area contributed by atoms with Crippen LogP contribution in [0.5, 0.6) is 0 Å². The van der Waals surface area contributed by atoms with Crippen molar-refractivity contribution >= 4 is 11.9 Å². The van der Waals surface area contributed by atoms with Crippen molar-refractivity contribution in [2.45, 2.75) is 32.2 Å². The van der Waals surface area contributed by atoms with Crippen molar-refractivity contribution in [3.63, 3.8) is 0 Å². The zero-order chi connectivity index (χ0) is 13.1. The molecule has 98 valence electrons. The summed E-state index contributed by atoms with van der Waals surface area (Å²) in [5.74, 6) is 0.485. The van der Waals surface area contributed by atoms with E-state index in [0.717, 1.165) is 12.8 Å². The molecule has 0 saturated heterocycles. The highest BCUT2D eigenvalue weighted by atomic mass is 16.5. The fourth-order valence-electron chi connectivity index (χ4n) is 1.96. The predicted molar refractivity (Wildman–Crippen MR) is 64.1 cm³/mol. The van der Waals surface area contributed by atoms with Crippen LogP contribution in [0, 0.1) is 12.8 Å². The van der Waals surface area contributed by atoms with Gasteiger partial charge < -0.3 is 14.5 Å². The third-order valence-electron chi connectivity index (χ3n) is 3.23. The molecular weight excluding hydrogens is 234 g/mol. The Kier molecular flexibility index (Phi) is 3.69. The summed E-state index contributed by atoms with van der Waals surface area (Å²) in [7, 11) is 1.36. The molecule has 1 N–H and O–H groups in total. The molecule has 5 heteroatoms. The van der Waals surface area contributed by atoms with Gasteiger partial charge in [0.1, 0.15) is 5.76 Å². The summed E-state index contributed by atoms with van der Waals surface area (Å²) in [4.78, 5) is 23.3. The summed E-state index contributed by atoms with van der Waals surface area (Å²) >= 11 is 0. The molecule has 2 rings (SSSR count). The molecule has 1 amide bonds. The minimum Gasteiger partial charge on any atom is -0.469 e. The molecule has 1 aliphatic carbocycles. The molecule has 1 aromatic rings. The number of ether oxygens (including phenoxy) is 1. The lowest BCUT2D eigenvalue weighted by atomic mass is 10.1. The first-order valence-corrected chi connectivity index (χ1v) is 6.03. The van der Waals surface area contributed by atoms with Gasteiger partial charge in [0.2, 0.25) is 0 Å². The number of amides is 1. The lowest BCUT2D eigenvalue weighted by Gasteiger charge is -2.16. The van der Waals surface area contributed by atoms with Crippen LogP contribution in [0.1, 0.15) is 35.4 Å². The Morgan fingerprint density at radius 3 is 2.78 bits per heavy atom. The van der Waals surface area contributed by atoms with Gasteiger partial charge in [0, 0.05) is 6.04 Å². The second kappa shape index (κ2) is 5.25.